The van der Waals surface area contributed by atoms with Crippen molar-refractivity contribution in [2.24, 2.45) is 0 Å². The summed E-state index contributed by atoms with van der Waals surface area (Å²) in [5, 5.41) is 8.89. The summed E-state index contributed by atoms with van der Waals surface area (Å²) in [6.45, 7) is 3.23. The Kier molecular flexibility index (Phi) is 6.44. The van der Waals surface area contributed by atoms with Gasteiger partial charge in [-0.25, -0.2) is 9.18 Å². The number of rotatable bonds is 7. The van der Waals surface area contributed by atoms with Gasteiger partial charge in [0.1, 0.15) is 11.6 Å². The second-order valence-corrected chi connectivity index (χ2v) is 7.17. The molecule has 144 valence electrons. The van der Waals surface area contributed by atoms with Crippen LogP contribution in [0.3, 0.4) is 0 Å². The molecule has 0 aliphatic carbocycles. The third kappa shape index (κ3) is 5.20. The monoisotopic (exact) mass is 393 g/mol. The second-order valence-electron chi connectivity index (χ2n) is 6.74. The Hall–Kier alpha value is -2.60. The number of hydrogen-bond donors (Lipinski definition) is 1. The molecule has 0 heterocycles. The number of benzene rings is 2. The number of halogens is 2. The van der Waals surface area contributed by atoms with Crippen molar-refractivity contribution in [3.05, 3.63) is 64.4 Å². The zero-order valence-electron chi connectivity index (χ0n) is 15.3. The van der Waals surface area contributed by atoms with Crippen LogP contribution in [0.2, 0.25) is 5.02 Å². The molecule has 2 aromatic carbocycles. The Balaban J connectivity index is 2.09. The second kappa shape index (κ2) is 8.39. The maximum atomic E-state index is 14.3. The Morgan fingerprint density at radius 2 is 1.81 bits per heavy atom. The summed E-state index contributed by atoms with van der Waals surface area (Å²) in [6.07, 6.45) is 0. The van der Waals surface area contributed by atoms with E-state index in [1.54, 1.807) is 51.2 Å². The van der Waals surface area contributed by atoms with Crippen molar-refractivity contribution in [1.29, 1.82) is 0 Å². The number of carboxylic acids is 1. The molecular weight excluding hydrogens is 373 g/mol. The fourth-order valence-electron chi connectivity index (χ4n) is 2.77. The topological polar surface area (TPSA) is 66.8 Å². The fraction of sp³-hybridized carbons (Fsp3) is 0.300. The summed E-state index contributed by atoms with van der Waals surface area (Å²) in [5.41, 5.74) is 0.0515. The van der Waals surface area contributed by atoms with Gasteiger partial charge in [0, 0.05) is 24.2 Å². The minimum atomic E-state index is -1.06. The highest BCUT2D eigenvalue weighted by atomic mass is 35.5. The quantitative estimate of drug-likeness (QED) is 0.775. The Bertz CT molecular complexity index is 836. The first-order chi connectivity index (χ1) is 12.6. The number of hydrogen-bond acceptors (Lipinski definition) is 3. The van der Waals surface area contributed by atoms with E-state index >= 15 is 0 Å². The van der Waals surface area contributed by atoms with Gasteiger partial charge in [0.15, 0.2) is 6.61 Å². The van der Waals surface area contributed by atoms with Crippen LogP contribution in [0.15, 0.2) is 42.5 Å². The highest BCUT2D eigenvalue weighted by Crippen LogP contribution is 2.30. The molecular formula is C20H21ClFNO4. The number of amides is 1. The number of carbonyl (C=O) groups excluding carboxylic acids is 1. The van der Waals surface area contributed by atoms with Crippen LogP contribution in [-0.4, -0.2) is 35.5 Å². The van der Waals surface area contributed by atoms with Crippen molar-refractivity contribution in [3.63, 3.8) is 0 Å². The summed E-state index contributed by atoms with van der Waals surface area (Å²) in [4.78, 5) is 24.9. The van der Waals surface area contributed by atoms with Gasteiger partial charge in [0.25, 0.3) is 0 Å². The molecule has 0 fully saturated rings. The van der Waals surface area contributed by atoms with Crippen LogP contribution in [0.25, 0.3) is 0 Å². The number of aliphatic carboxylic acids is 1. The van der Waals surface area contributed by atoms with Gasteiger partial charge in [0.2, 0.25) is 5.91 Å². The average molecular weight is 394 g/mol. The summed E-state index contributed by atoms with van der Waals surface area (Å²) in [5.74, 6) is -1.39. The van der Waals surface area contributed by atoms with Gasteiger partial charge < -0.3 is 14.7 Å². The molecule has 0 radical (unpaired) electrons. The molecule has 7 heteroatoms. The highest BCUT2D eigenvalue weighted by molar-refractivity contribution is 6.30. The predicted octanol–water partition coefficient (Wildman–Crippen LogP) is 3.88. The predicted molar refractivity (Wildman–Crippen MR) is 100 cm³/mol. The Labute approximate surface area is 162 Å². The van der Waals surface area contributed by atoms with Crippen LogP contribution < -0.4 is 4.74 Å². The molecule has 0 bridgehead atoms. The molecule has 0 aromatic heterocycles. The molecule has 2 rings (SSSR count). The molecule has 0 aliphatic rings. The lowest BCUT2D eigenvalue weighted by molar-refractivity contribution is -0.139. The minimum Gasteiger partial charge on any atom is -0.482 e. The first-order valence-electron chi connectivity index (χ1n) is 8.26. The van der Waals surface area contributed by atoms with E-state index in [1.165, 1.54) is 17.0 Å². The van der Waals surface area contributed by atoms with E-state index in [9.17, 15) is 14.0 Å². The van der Waals surface area contributed by atoms with Crippen molar-refractivity contribution < 1.29 is 23.8 Å². The summed E-state index contributed by atoms with van der Waals surface area (Å²) < 4.78 is 19.3. The first kappa shape index (κ1) is 20.7. The number of likely N-dealkylation sites (N-methyl/N-ethyl adjacent to an activating group) is 1. The molecule has 27 heavy (non-hydrogen) atoms. The van der Waals surface area contributed by atoms with E-state index in [4.69, 9.17) is 21.4 Å². The molecule has 0 unspecified atom stereocenters. The standard InChI is InChI=1S/C20H21ClFNO4/c1-20(2,16-9-6-14(21)10-17(16)22)19(26)23(3)11-13-4-7-15(8-5-13)27-12-18(24)25/h4-10H,11-12H2,1-3H3,(H,24,25). The number of ether oxygens (including phenoxy) is 1. The smallest absolute Gasteiger partial charge is 0.341 e. The van der Waals surface area contributed by atoms with Crippen LogP contribution in [0.1, 0.15) is 25.0 Å². The lowest BCUT2D eigenvalue weighted by Gasteiger charge is -2.30. The third-order valence-corrected chi connectivity index (χ3v) is 4.43. The zero-order chi connectivity index (χ0) is 20.2. The Morgan fingerprint density at radius 1 is 1.19 bits per heavy atom. The van der Waals surface area contributed by atoms with Gasteiger partial charge in [-0.05, 0) is 43.7 Å². The maximum absolute atomic E-state index is 14.3. The highest BCUT2D eigenvalue weighted by Gasteiger charge is 2.34. The van der Waals surface area contributed by atoms with E-state index < -0.39 is 23.8 Å². The molecule has 1 N–H and O–H groups in total. The SMILES string of the molecule is CN(Cc1ccc(OCC(=O)O)cc1)C(=O)C(C)(C)c1ccc(Cl)cc1F. The molecule has 0 atom stereocenters. The van der Waals surface area contributed by atoms with Crippen LogP contribution in [0.5, 0.6) is 5.75 Å². The molecule has 0 saturated carbocycles. The minimum absolute atomic E-state index is 0.241. The van der Waals surface area contributed by atoms with Crippen molar-refractivity contribution in [2.75, 3.05) is 13.7 Å². The maximum Gasteiger partial charge on any atom is 0.341 e. The van der Waals surface area contributed by atoms with Crippen molar-refractivity contribution >= 4 is 23.5 Å². The van der Waals surface area contributed by atoms with Crippen molar-refractivity contribution in [2.45, 2.75) is 25.8 Å². The summed E-state index contributed by atoms with van der Waals surface area (Å²) >= 11 is 5.79. The number of carbonyl (C=O) groups is 2. The van der Waals surface area contributed by atoms with Gasteiger partial charge >= 0.3 is 5.97 Å². The molecule has 1 amide bonds. The van der Waals surface area contributed by atoms with E-state index in [0.29, 0.717) is 12.3 Å². The molecule has 0 aliphatic heterocycles. The van der Waals surface area contributed by atoms with Crippen LogP contribution >= 0.6 is 11.6 Å². The van der Waals surface area contributed by atoms with E-state index in [-0.39, 0.29) is 16.5 Å². The fourth-order valence-corrected chi connectivity index (χ4v) is 2.93. The normalized spacial score (nSPS) is 11.1. The number of carboxylic acid groups (broad SMARTS) is 1. The van der Waals surface area contributed by atoms with E-state index in [1.807, 2.05) is 0 Å². The summed E-state index contributed by atoms with van der Waals surface area (Å²) in [6, 6.07) is 11.1. The molecule has 2 aromatic rings. The van der Waals surface area contributed by atoms with Gasteiger partial charge in [-0.2, -0.15) is 0 Å². The summed E-state index contributed by atoms with van der Waals surface area (Å²) in [7, 11) is 1.65. The Morgan fingerprint density at radius 3 is 2.37 bits per heavy atom. The van der Waals surface area contributed by atoms with Gasteiger partial charge in [-0.1, -0.05) is 29.8 Å². The van der Waals surface area contributed by atoms with Gasteiger partial charge in [-0.15, -0.1) is 0 Å². The van der Waals surface area contributed by atoms with E-state index in [2.05, 4.69) is 0 Å². The van der Waals surface area contributed by atoms with Crippen LogP contribution in [-0.2, 0) is 21.5 Å². The molecule has 0 saturated heterocycles. The van der Waals surface area contributed by atoms with Crippen LogP contribution in [0.4, 0.5) is 4.39 Å². The largest absolute Gasteiger partial charge is 0.482 e. The van der Waals surface area contributed by atoms with E-state index in [0.717, 1.165) is 5.56 Å². The third-order valence-electron chi connectivity index (χ3n) is 4.19. The molecule has 5 nitrogen and oxygen atoms in total. The number of nitrogens with zero attached hydrogens (tertiary/aromatic N) is 1. The molecule has 0 spiro atoms. The zero-order valence-corrected chi connectivity index (χ0v) is 16.1. The average Bonchev–Trinajstić information content (AvgIpc) is 2.60. The van der Waals surface area contributed by atoms with Gasteiger partial charge in [-0.3, -0.25) is 4.79 Å². The lowest BCUT2D eigenvalue weighted by Crippen LogP contribution is -2.41. The van der Waals surface area contributed by atoms with Crippen LogP contribution in [0, 0.1) is 5.82 Å². The van der Waals surface area contributed by atoms with Crippen molar-refractivity contribution in [1.82, 2.24) is 4.90 Å². The lowest BCUT2D eigenvalue weighted by atomic mass is 9.82. The van der Waals surface area contributed by atoms with Crippen molar-refractivity contribution in [3.8, 4) is 5.75 Å². The van der Waals surface area contributed by atoms with Gasteiger partial charge in [0.05, 0.1) is 5.41 Å². The first-order valence-corrected chi connectivity index (χ1v) is 8.63.